The van der Waals surface area contributed by atoms with Gasteiger partial charge in [-0.25, -0.2) is 4.99 Å². The van der Waals surface area contributed by atoms with Gasteiger partial charge in [-0.1, -0.05) is 79.7 Å². The number of aromatic nitrogens is 1. The minimum Gasteiger partial charge on any atom is -0.456 e. The SMILES string of the molecule is C=C/C=C(\C1=C(/C)c2ccccc2CCCCC1)c1ccc2oc3cc(C4=Nc5c(sc6ccccc56)C(c5ccncc5)N4)ccc3c2c1. The van der Waals surface area contributed by atoms with Gasteiger partial charge in [-0.05, 0) is 114 Å². The number of rotatable bonds is 5. The lowest BCUT2D eigenvalue weighted by Gasteiger charge is -2.25. The fourth-order valence-corrected chi connectivity index (χ4v) is 9.04. The molecule has 4 aromatic carbocycles. The Morgan fingerprint density at radius 1 is 0.840 bits per heavy atom. The summed E-state index contributed by atoms with van der Waals surface area (Å²) in [5.74, 6) is 0.838. The molecule has 5 heteroatoms. The van der Waals surface area contributed by atoms with Crippen LogP contribution in [0.2, 0.25) is 0 Å². The van der Waals surface area contributed by atoms with Crippen LogP contribution < -0.4 is 5.32 Å². The van der Waals surface area contributed by atoms with E-state index in [0.29, 0.717) is 0 Å². The molecular weight excluding hydrogens is 631 g/mol. The summed E-state index contributed by atoms with van der Waals surface area (Å²) in [6.45, 7) is 6.42. The first-order valence-electron chi connectivity index (χ1n) is 17.5. The number of aliphatic imine (C=N–C) groups is 1. The number of pyridine rings is 1. The smallest absolute Gasteiger partial charge is 0.136 e. The van der Waals surface area contributed by atoms with Crippen molar-refractivity contribution in [2.45, 2.75) is 45.1 Å². The average Bonchev–Trinajstić information content (AvgIpc) is 3.74. The summed E-state index contributed by atoms with van der Waals surface area (Å²) in [5.41, 5.74) is 12.9. The molecule has 0 bridgehead atoms. The van der Waals surface area contributed by atoms with E-state index in [1.165, 1.54) is 67.6 Å². The highest BCUT2D eigenvalue weighted by molar-refractivity contribution is 7.19. The monoisotopic (exact) mass is 667 g/mol. The van der Waals surface area contributed by atoms with Crippen molar-refractivity contribution in [2.75, 3.05) is 0 Å². The normalized spacial score (nSPS) is 18.1. The molecule has 7 aromatic rings. The lowest BCUT2D eigenvalue weighted by atomic mass is 9.86. The van der Waals surface area contributed by atoms with Crippen LogP contribution in [0.4, 0.5) is 5.69 Å². The van der Waals surface area contributed by atoms with E-state index in [4.69, 9.17) is 9.41 Å². The van der Waals surface area contributed by atoms with Gasteiger partial charge in [-0.15, -0.1) is 11.3 Å². The van der Waals surface area contributed by atoms with Crippen LogP contribution in [0.5, 0.6) is 0 Å². The maximum atomic E-state index is 6.54. The maximum absolute atomic E-state index is 6.54. The van der Waals surface area contributed by atoms with Gasteiger partial charge in [0.2, 0.25) is 0 Å². The van der Waals surface area contributed by atoms with Crippen LogP contribution in [0.25, 0.3) is 43.2 Å². The van der Waals surface area contributed by atoms with Crippen LogP contribution >= 0.6 is 11.3 Å². The lowest BCUT2D eigenvalue weighted by Crippen LogP contribution is -2.32. The maximum Gasteiger partial charge on any atom is 0.136 e. The Morgan fingerprint density at radius 2 is 1.68 bits per heavy atom. The van der Waals surface area contributed by atoms with Crippen LogP contribution in [0.3, 0.4) is 0 Å². The van der Waals surface area contributed by atoms with Crippen LogP contribution in [0.1, 0.15) is 71.3 Å². The Kier molecular flexibility index (Phi) is 7.78. The molecular formula is C45H37N3OS. The van der Waals surface area contributed by atoms with Gasteiger partial charge in [0.15, 0.2) is 0 Å². The number of aryl methyl sites for hydroxylation is 1. The number of hydrogen-bond donors (Lipinski definition) is 1. The van der Waals surface area contributed by atoms with Gasteiger partial charge in [0, 0.05) is 38.8 Å². The third-order valence-corrected chi connectivity index (χ3v) is 11.5. The Hall–Kier alpha value is -5.52. The van der Waals surface area contributed by atoms with Crippen LogP contribution in [-0.2, 0) is 6.42 Å². The van der Waals surface area contributed by atoms with E-state index < -0.39 is 0 Å². The predicted molar refractivity (Wildman–Crippen MR) is 210 cm³/mol. The molecule has 1 aliphatic heterocycles. The molecule has 1 atom stereocenters. The average molecular weight is 668 g/mol. The molecule has 1 unspecified atom stereocenters. The van der Waals surface area contributed by atoms with Crippen molar-refractivity contribution in [3.8, 4) is 0 Å². The standard InChI is InChI=1S/C45H37N3OS/c1-3-11-35(34-15-6-4-5-12-29-13-7-8-14-33(29)28(34)2)31-19-21-39-38(26-31)36-20-18-32(27-40(36)49-39)45-47-42(30-22-24-46-25-23-30)44-43(48-45)37-16-9-10-17-41(37)50-44/h3,7-11,13-14,16-27,42H,1,4-6,12,15H2,2H3,(H,47,48)/b34-28+,35-11-. The summed E-state index contributed by atoms with van der Waals surface area (Å²) in [4.78, 5) is 10.7. The van der Waals surface area contributed by atoms with E-state index in [2.05, 4.69) is 127 Å². The van der Waals surface area contributed by atoms with E-state index in [0.717, 1.165) is 57.4 Å². The first-order chi connectivity index (χ1) is 24.7. The summed E-state index contributed by atoms with van der Waals surface area (Å²) in [5, 5.41) is 7.16. The highest BCUT2D eigenvalue weighted by Crippen LogP contribution is 2.46. The Morgan fingerprint density at radius 3 is 2.58 bits per heavy atom. The Bertz CT molecular complexity index is 2530. The molecule has 0 radical (unpaired) electrons. The first-order valence-corrected chi connectivity index (χ1v) is 18.3. The molecule has 0 spiro atoms. The highest BCUT2D eigenvalue weighted by atomic mass is 32.1. The lowest BCUT2D eigenvalue weighted by molar-refractivity contribution is 0.668. The molecule has 0 fully saturated rings. The summed E-state index contributed by atoms with van der Waals surface area (Å²) in [6, 6.07) is 34.7. The second-order valence-corrected chi connectivity index (χ2v) is 14.4. The van der Waals surface area contributed by atoms with Crippen molar-refractivity contribution in [2.24, 2.45) is 4.99 Å². The number of fused-ring (bicyclic) bond motifs is 7. The molecule has 0 saturated heterocycles. The number of nitrogens with zero attached hydrogens (tertiary/aromatic N) is 2. The van der Waals surface area contributed by atoms with Crippen molar-refractivity contribution in [1.82, 2.24) is 10.3 Å². The molecule has 1 aliphatic carbocycles. The zero-order chi connectivity index (χ0) is 33.6. The Balaban J connectivity index is 1.13. The number of thiophene rings is 1. The fraction of sp³-hybridized carbons (Fsp3) is 0.156. The summed E-state index contributed by atoms with van der Waals surface area (Å²) in [6.07, 6.45) is 13.6. The molecule has 1 N–H and O–H groups in total. The molecule has 4 nitrogen and oxygen atoms in total. The quantitative estimate of drug-likeness (QED) is 0.186. The van der Waals surface area contributed by atoms with E-state index >= 15 is 0 Å². The predicted octanol–water partition coefficient (Wildman–Crippen LogP) is 12.1. The van der Waals surface area contributed by atoms with Crippen molar-refractivity contribution in [1.29, 1.82) is 0 Å². The van der Waals surface area contributed by atoms with Crippen molar-refractivity contribution < 1.29 is 4.42 Å². The van der Waals surface area contributed by atoms with Gasteiger partial charge < -0.3 is 9.73 Å². The van der Waals surface area contributed by atoms with Gasteiger partial charge >= 0.3 is 0 Å². The van der Waals surface area contributed by atoms with Crippen molar-refractivity contribution in [3.63, 3.8) is 0 Å². The largest absolute Gasteiger partial charge is 0.456 e. The molecule has 2 aliphatic rings. The third kappa shape index (κ3) is 5.30. The number of furan rings is 1. The molecule has 50 heavy (non-hydrogen) atoms. The van der Waals surface area contributed by atoms with Crippen LogP contribution in [0.15, 0.2) is 143 Å². The molecule has 244 valence electrons. The highest BCUT2D eigenvalue weighted by Gasteiger charge is 2.28. The van der Waals surface area contributed by atoms with Crippen LogP contribution in [0, 0.1) is 0 Å². The second-order valence-electron chi connectivity index (χ2n) is 13.3. The second kappa shape index (κ2) is 12.7. The first kappa shape index (κ1) is 30.5. The van der Waals surface area contributed by atoms with E-state index in [-0.39, 0.29) is 6.04 Å². The Labute approximate surface area is 296 Å². The number of amidine groups is 1. The van der Waals surface area contributed by atoms with Crippen molar-refractivity contribution >= 4 is 66.0 Å². The van der Waals surface area contributed by atoms with Gasteiger partial charge in [0.1, 0.15) is 17.0 Å². The van der Waals surface area contributed by atoms with E-state index in [9.17, 15) is 0 Å². The van der Waals surface area contributed by atoms with Gasteiger partial charge in [0.25, 0.3) is 0 Å². The van der Waals surface area contributed by atoms with Crippen LogP contribution in [-0.4, -0.2) is 10.8 Å². The molecule has 0 amide bonds. The van der Waals surface area contributed by atoms with Gasteiger partial charge in [-0.3, -0.25) is 4.98 Å². The number of benzene rings is 4. The van der Waals surface area contributed by atoms with E-state index in [1.807, 2.05) is 18.5 Å². The van der Waals surface area contributed by atoms with E-state index in [1.54, 1.807) is 11.3 Å². The van der Waals surface area contributed by atoms with Crippen molar-refractivity contribution in [3.05, 3.63) is 166 Å². The molecule has 4 heterocycles. The zero-order valence-electron chi connectivity index (χ0n) is 28.1. The summed E-state index contributed by atoms with van der Waals surface area (Å²) < 4.78 is 7.78. The summed E-state index contributed by atoms with van der Waals surface area (Å²) >= 11 is 1.80. The summed E-state index contributed by atoms with van der Waals surface area (Å²) in [7, 11) is 0. The third-order valence-electron chi connectivity index (χ3n) is 10.3. The number of hydrogen-bond acceptors (Lipinski definition) is 5. The minimum absolute atomic E-state index is 0.0239. The zero-order valence-corrected chi connectivity index (χ0v) is 28.9. The number of nitrogens with one attached hydrogen (secondary N) is 1. The van der Waals surface area contributed by atoms with Gasteiger partial charge in [-0.2, -0.15) is 0 Å². The minimum atomic E-state index is -0.0239. The number of allylic oxidation sites excluding steroid dienone is 5. The van der Waals surface area contributed by atoms with Gasteiger partial charge in [0.05, 0.1) is 16.6 Å². The molecule has 3 aromatic heterocycles. The topological polar surface area (TPSA) is 50.4 Å². The molecule has 9 rings (SSSR count). The molecule has 0 saturated carbocycles. The fourth-order valence-electron chi connectivity index (χ4n) is 7.81.